The van der Waals surface area contributed by atoms with Crippen LogP contribution in [0.25, 0.3) is 0 Å². The van der Waals surface area contributed by atoms with E-state index in [9.17, 15) is 8.42 Å². The van der Waals surface area contributed by atoms with E-state index in [-0.39, 0.29) is 4.99 Å². The molecule has 1 aliphatic heterocycles. The number of ether oxygens (including phenoxy) is 1. The summed E-state index contributed by atoms with van der Waals surface area (Å²) in [5, 5.41) is -0.405. The van der Waals surface area contributed by atoms with Crippen molar-refractivity contribution in [2.24, 2.45) is 5.73 Å². The Labute approximate surface area is 115 Å². The summed E-state index contributed by atoms with van der Waals surface area (Å²) in [6.07, 6.45) is 2.16. The molecule has 0 spiro atoms. The Kier molecular flexibility index (Phi) is 5.51. The van der Waals surface area contributed by atoms with Crippen molar-refractivity contribution in [3.05, 3.63) is 0 Å². The summed E-state index contributed by atoms with van der Waals surface area (Å²) in [5.74, 6) is 0. The highest BCUT2D eigenvalue weighted by atomic mass is 32.2. The molecule has 0 aromatic rings. The monoisotopic (exact) mass is 294 g/mol. The van der Waals surface area contributed by atoms with Gasteiger partial charge < -0.3 is 10.5 Å². The topological polar surface area (TPSA) is 81.4 Å². The van der Waals surface area contributed by atoms with Gasteiger partial charge in [0.2, 0.25) is 10.0 Å². The van der Waals surface area contributed by atoms with Gasteiger partial charge in [-0.15, -0.1) is 0 Å². The fourth-order valence-electron chi connectivity index (χ4n) is 2.14. The summed E-state index contributed by atoms with van der Waals surface area (Å²) in [7, 11) is -3.41. The Morgan fingerprint density at radius 1 is 1.39 bits per heavy atom. The summed E-state index contributed by atoms with van der Waals surface area (Å²) in [6.45, 7) is 4.75. The fourth-order valence-corrected chi connectivity index (χ4v) is 4.46. The van der Waals surface area contributed by atoms with E-state index in [1.54, 1.807) is 0 Å². The van der Waals surface area contributed by atoms with E-state index in [0.29, 0.717) is 38.9 Å². The molecule has 1 saturated heterocycles. The molecule has 0 unspecified atom stereocenters. The van der Waals surface area contributed by atoms with E-state index in [1.165, 1.54) is 0 Å². The van der Waals surface area contributed by atoms with Gasteiger partial charge in [0, 0.05) is 13.2 Å². The van der Waals surface area contributed by atoms with E-state index in [0.717, 1.165) is 0 Å². The van der Waals surface area contributed by atoms with E-state index >= 15 is 0 Å². The molecule has 18 heavy (non-hydrogen) atoms. The fraction of sp³-hybridized carbons (Fsp3) is 0.909. The summed E-state index contributed by atoms with van der Waals surface area (Å²) in [4.78, 5) is 0.211. The van der Waals surface area contributed by atoms with Crippen molar-refractivity contribution < 1.29 is 13.2 Å². The average Bonchev–Trinajstić information content (AvgIpc) is 2.37. The zero-order valence-corrected chi connectivity index (χ0v) is 12.6. The lowest BCUT2D eigenvalue weighted by Gasteiger charge is -2.34. The second kappa shape index (κ2) is 6.27. The lowest BCUT2D eigenvalue weighted by Crippen LogP contribution is -2.58. The minimum atomic E-state index is -3.41. The third-order valence-electron chi connectivity index (χ3n) is 3.62. The molecule has 0 aromatic carbocycles. The number of nitrogens with one attached hydrogen (secondary N) is 1. The number of sulfonamides is 1. The van der Waals surface area contributed by atoms with Crippen LogP contribution in [-0.4, -0.2) is 37.4 Å². The van der Waals surface area contributed by atoms with Gasteiger partial charge in [-0.2, -0.15) is 0 Å². The van der Waals surface area contributed by atoms with Crippen molar-refractivity contribution in [2.45, 2.75) is 50.3 Å². The second-order valence-electron chi connectivity index (χ2n) is 4.61. The van der Waals surface area contributed by atoms with Crippen molar-refractivity contribution >= 4 is 27.2 Å². The average molecular weight is 294 g/mol. The molecule has 3 N–H and O–H groups in total. The second-order valence-corrected chi connectivity index (χ2v) is 7.01. The predicted octanol–water partition coefficient (Wildman–Crippen LogP) is 0.930. The number of thiocarbonyl (C=S) groups is 1. The third kappa shape index (κ3) is 3.40. The van der Waals surface area contributed by atoms with Gasteiger partial charge in [0.05, 0.1) is 15.8 Å². The maximum absolute atomic E-state index is 12.3. The molecular weight excluding hydrogens is 272 g/mol. The van der Waals surface area contributed by atoms with Crippen molar-refractivity contribution in [3.63, 3.8) is 0 Å². The first-order chi connectivity index (χ1) is 8.38. The smallest absolute Gasteiger partial charge is 0.215 e. The number of rotatable bonds is 6. The van der Waals surface area contributed by atoms with Gasteiger partial charge in [-0.25, -0.2) is 13.1 Å². The van der Waals surface area contributed by atoms with Crippen molar-refractivity contribution in [2.75, 3.05) is 13.2 Å². The SMILES string of the molecule is CCC(CC)(NS(=O)(=O)C1CCOCC1)C(N)=S. The first-order valence-corrected chi connectivity index (χ1v) is 8.24. The summed E-state index contributed by atoms with van der Waals surface area (Å²) >= 11 is 5.02. The highest BCUT2D eigenvalue weighted by Crippen LogP contribution is 2.22. The molecule has 0 bridgehead atoms. The zero-order chi connectivity index (χ0) is 13.8. The maximum Gasteiger partial charge on any atom is 0.215 e. The quantitative estimate of drug-likeness (QED) is 0.712. The third-order valence-corrected chi connectivity index (χ3v) is 6.04. The van der Waals surface area contributed by atoms with Gasteiger partial charge in [-0.3, -0.25) is 0 Å². The van der Waals surface area contributed by atoms with Gasteiger partial charge in [0.1, 0.15) is 0 Å². The Morgan fingerprint density at radius 2 is 1.89 bits per heavy atom. The van der Waals surface area contributed by atoms with E-state index in [2.05, 4.69) is 4.72 Å². The van der Waals surface area contributed by atoms with Crippen LogP contribution >= 0.6 is 12.2 Å². The number of hydrogen-bond acceptors (Lipinski definition) is 4. The van der Waals surface area contributed by atoms with Crippen LogP contribution in [-0.2, 0) is 14.8 Å². The van der Waals surface area contributed by atoms with Crippen LogP contribution in [0.3, 0.4) is 0 Å². The first-order valence-electron chi connectivity index (χ1n) is 6.28. The lowest BCUT2D eigenvalue weighted by atomic mass is 9.94. The summed E-state index contributed by atoms with van der Waals surface area (Å²) in [6, 6.07) is 0. The molecule has 1 fully saturated rings. The molecular formula is C11H22N2O3S2. The standard InChI is InChI=1S/C11H22N2O3S2/c1-3-11(4-2,10(12)17)13-18(14,15)9-5-7-16-8-6-9/h9,13H,3-8H2,1-2H3,(H2,12,17). The Balaban J connectivity index is 2.88. The van der Waals surface area contributed by atoms with E-state index < -0.39 is 20.8 Å². The Morgan fingerprint density at radius 3 is 2.28 bits per heavy atom. The van der Waals surface area contributed by atoms with Gasteiger partial charge in [0.25, 0.3) is 0 Å². The maximum atomic E-state index is 12.3. The molecule has 0 aromatic heterocycles. The highest BCUT2D eigenvalue weighted by molar-refractivity contribution is 7.90. The van der Waals surface area contributed by atoms with Crippen LogP contribution in [0.1, 0.15) is 39.5 Å². The lowest BCUT2D eigenvalue weighted by molar-refractivity contribution is 0.0980. The molecule has 1 rings (SSSR count). The predicted molar refractivity (Wildman–Crippen MR) is 76.0 cm³/mol. The van der Waals surface area contributed by atoms with E-state index in [4.69, 9.17) is 22.7 Å². The molecule has 0 amide bonds. The van der Waals surface area contributed by atoms with Crippen LogP contribution in [0.5, 0.6) is 0 Å². The van der Waals surface area contributed by atoms with E-state index in [1.807, 2.05) is 13.8 Å². The van der Waals surface area contributed by atoms with Crippen molar-refractivity contribution in [1.82, 2.24) is 4.72 Å². The van der Waals surface area contributed by atoms with Crippen LogP contribution in [0.15, 0.2) is 0 Å². The van der Waals surface area contributed by atoms with Gasteiger partial charge >= 0.3 is 0 Å². The number of hydrogen-bond donors (Lipinski definition) is 2. The van der Waals surface area contributed by atoms with Crippen LogP contribution in [0, 0.1) is 0 Å². The van der Waals surface area contributed by atoms with Gasteiger partial charge in [-0.05, 0) is 25.7 Å². The minimum absolute atomic E-state index is 0.211. The van der Waals surface area contributed by atoms with Gasteiger partial charge in [0.15, 0.2) is 0 Å². The molecule has 1 aliphatic rings. The minimum Gasteiger partial charge on any atom is -0.392 e. The largest absolute Gasteiger partial charge is 0.392 e. The van der Waals surface area contributed by atoms with Crippen LogP contribution in [0.2, 0.25) is 0 Å². The van der Waals surface area contributed by atoms with Crippen molar-refractivity contribution in [1.29, 1.82) is 0 Å². The molecule has 0 radical (unpaired) electrons. The molecule has 0 saturated carbocycles. The molecule has 0 aliphatic carbocycles. The molecule has 106 valence electrons. The molecule has 7 heteroatoms. The molecule has 5 nitrogen and oxygen atoms in total. The number of nitrogens with two attached hydrogens (primary N) is 1. The Hall–Kier alpha value is -0.240. The molecule has 0 atom stereocenters. The normalized spacial score (nSPS) is 18.8. The van der Waals surface area contributed by atoms with Gasteiger partial charge in [-0.1, -0.05) is 26.1 Å². The first kappa shape index (κ1) is 15.8. The summed E-state index contributed by atoms with van der Waals surface area (Å²) in [5.41, 5.74) is 4.91. The highest BCUT2D eigenvalue weighted by Gasteiger charge is 2.38. The Bertz CT molecular complexity index is 385. The van der Waals surface area contributed by atoms with Crippen molar-refractivity contribution in [3.8, 4) is 0 Å². The summed E-state index contributed by atoms with van der Waals surface area (Å²) < 4.78 is 32.6. The molecule has 1 heterocycles. The van der Waals surface area contributed by atoms with Crippen LogP contribution < -0.4 is 10.5 Å². The zero-order valence-electron chi connectivity index (χ0n) is 10.9. The van der Waals surface area contributed by atoms with Crippen LogP contribution in [0.4, 0.5) is 0 Å².